The molecule has 0 aliphatic carbocycles. The predicted molar refractivity (Wildman–Crippen MR) is 74.9 cm³/mol. The third-order valence-electron chi connectivity index (χ3n) is 3.08. The molecule has 0 bridgehead atoms. The van der Waals surface area contributed by atoms with E-state index in [0.29, 0.717) is 5.82 Å². The molecule has 2 rings (SSSR count). The summed E-state index contributed by atoms with van der Waals surface area (Å²) in [4.78, 5) is 20.3. The summed E-state index contributed by atoms with van der Waals surface area (Å²) >= 11 is 6.18. The summed E-state index contributed by atoms with van der Waals surface area (Å²) in [5.41, 5.74) is 7.09. The van der Waals surface area contributed by atoms with Gasteiger partial charge < -0.3 is 10.3 Å². The van der Waals surface area contributed by atoms with E-state index in [1.165, 1.54) is 0 Å². The Morgan fingerprint density at radius 1 is 1.42 bits per heavy atom. The van der Waals surface area contributed by atoms with Gasteiger partial charge in [0, 0.05) is 6.20 Å². The summed E-state index contributed by atoms with van der Waals surface area (Å²) in [6, 6.07) is 1.35. The zero-order valence-corrected chi connectivity index (χ0v) is 11.9. The topological polar surface area (TPSA) is 73.8 Å². The van der Waals surface area contributed by atoms with E-state index in [0.717, 1.165) is 11.0 Å². The van der Waals surface area contributed by atoms with Crippen LogP contribution in [0.1, 0.15) is 38.0 Å². The number of aromatic nitrogens is 3. The monoisotopic (exact) mass is 280 g/mol. The van der Waals surface area contributed by atoms with E-state index in [1.54, 1.807) is 12.4 Å². The highest BCUT2D eigenvalue weighted by molar-refractivity contribution is 6.20. The van der Waals surface area contributed by atoms with Crippen LogP contribution in [0.15, 0.2) is 18.5 Å². The molecule has 2 heterocycles. The lowest BCUT2D eigenvalue weighted by molar-refractivity contribution is -0.122. The van der Waals surface area contributed by atoms with E-state index in [2.05, 4.69) is 9.97 Å². The Hall–Kier alpha value is -1.62. The average Bonchev–Trinajstić information content (AvgIpc) is 2.68. The van der Waals surface area contributed by atoms with Crippen molar-refractivity contribution in [3.8, 4) is 0 Å². The molecule has 0 aliphatic heterocycles. The molecule has 6 heteroatoms. The molecule has 0 aromatic carbocycles. The number of imidazole rings is 1. The fourth-order valence-electron chi connectivity index (χ4n) is 2.30. The van der Waals surface area contributed by atoms with Crippen molar-refractivity contribution in [2.75, 3.05) is 0 Å². The number of nitrogens with two attached hydrogens (primary N) is 1. The van der Waals surface area contributed by atoms with Gasteiger partial charge in [-0.2, -0.15) is 0 Å². The summed E-state index contributed by atoms with van der Waals surface area (Å²) in [7, 11) is 0. The van der Waals surface area contributed by atoms with Crippen molar-refractivity contribution in [2.24, 2.45) is 11.7 Å². The Labute approximate surface area is 116 Å². The molecular weight excluding hydrogens is 264 g/mol. The second-order valence-corrected chi connectivity index (χ2v) is 5.57. The quantitative estimate of drug-likeness (QED) is 0.874. The van der Waals surface area contributed by atoms with Gasteiger partial charge in [-0.3, -0.25) is 9.78 Å². The fraction of sp³-hybridized carbons (Fsp3) is 0.462. The van der Waals surface area contributed by atoms with E-state index in [1.807, 2.05) is 31.4 Å². The van der Waals surface area contributed by atoms with Crippen LogP contribution in [0.5, 0.6) is 0 Å². The largest absolute Gasteiger partial charge is 0.368 e. The number of hydrogen-bond acceptors (Lipinski definition) is 3. The Morgan fingerprint density at radius 2 is 2.11 bits per heavy atom. The molecule has 2 atom stereocenters. The summed E-state index contributed by atoms with van der Waals surface area (Å²) in [5.74, 6) is 0.309. The van der Waals surface area contributed by atoms with Crippen LogP contribution < -0.4 is 5.73 Å². The zero-order chi connectivity index (χ0) is 14.2. The number of carbonyl (C=O) groups excluding carboxylic acids is 1. The van der Waals surface area contributed by atoms with Crippen molar-refractivity contribution in [3.63, 3.8) is 0 Å². The third kappa shape index (κ3) is 2.42. The molecule has 0 saturated carbocycles. The second kappa shape index (κ2) is 5.17. The number of halogens is 1. The normalized spacial score (nSPS) is 14.8. The number of nitrogens with zero attached hydrogens (tertiary/aromatic N) is 3. The minimum Gasteiger partial charge on any atom is -0.368 e. The van der Waals surface area contributed by atoms with Crippen LogP contribution >= 0.6 is 11.6 Å². The van der Waals surface area contributed by atoms with E-state index in [4.69, 9.17) is 17.3 Å². The van der Waals surface area contributed by atoms with E-state index in [9.17, 15) is 4.79 Å². The SMILES string of the molecule is CC(Cl)c1nc2cnccc2n1C(C(N)=O)C(C)C. The molecule has 0 aliphatic rings. The lowest BCUT2D eigenvalue weighted by Crippen LogP contribution is -2.31. The van der Waals surface area contributed by atoms with E-state index < -0.39 is 6.04 Å². The summed E-state index contributed by atoms with van der Waals surface area (Å²) in [6.07, 6.45) is 3.33. The molecule has 5 nitrogen and oxygen atoms in total. The van der Waals surface area contributed by atoms with E-state index >= 15 is 0 Å². The fourth-order valence-corrected chi connectivity index (χ4v) is 2.45. The van der Waals surface area contributed by atoms with Crippen LogP contribution in [0, 0.1) is 5.92 Å². The Kier molecular flexibility index (Phi) is 3.75. The first-order chi connectivity index (χ1) is 8.93. The maximum absolute atomic E-state index is 11.8. The summed E-state index contributed by atoms with van der Waals surface area (Å²) < 4.78 is 1.84. The molecule has 102 valence electrons. The first-order valence-electron chi connectivity index (χ1n) is 6.18. The average molecular weight is 281 g/mol. The van der Waals surface area contributed by atoms with Gasteiger partial charge in [-0.15, -0.1) is 11.6 Å². The van der Waals surface area contributed by atoms with E-state index in [-0.39, 0.29) is 17.2 Å². The van der Waals surface area contributed by atoms with Crippen LogP contribution in [-0.4, -0.2) is 20.4 Å². The van der Waals surface area contributed by atoms with Crippen LogP contribution in [-0.2, 0) is 4.79 Å². The van der Waals surface area contributed by atoms with Gasteiger partial charge in [-0.25, -0.2) is 4.98 Å². The summed E-state index contributed by atoms with van der Waals surface area (Å²) in [5, 5.41) is -0.312. The van der Waals surface area contributed by atoms with Crippen molar-refractivity contribution in [2.45, 2.75) is 32.2 Å². The lowest BCUT2D eigenvalue weighted by atomic mass is 10.0. The zero-order valence-electron chi connectivity index (χ0n) is 11.2. The molecule has 2 N–H and O–H groups in total. The van der Waals surface area contributed by atoms with Crippen LogP contribution in [0.25, 0.3) is 11.0 Å². The number of amides is 1. The highest BCUT2D eigenvalue weighted by Gasteiger charge is 2.27. The molecule has 2 unspecified atom stereocenters. The van der Waals surface area contributed by atoms with Gasteiger partial charge in [0.15, 0.2) is 0 Å². The Bertz CT molecular complexity index is 606. The highest BCUT2D eigenvalue weighted by atomic mass is 35.5. The van der Waals surface area contributed by atoms with Gasteiger partial charge in [0.2, 0.25) is 5.91 Å². The van der Waals surface area contributed by atoms with Gasteiger partial charge >= 0.3 is 0 Å². The number of hydrogen-bond donors (Lipinski definition) is 1. The molecule has 0 radical (unpaired) electrons. The lowest BCUT2D eigenvalue weighted by Gasteiger charge is -2.22. The third-order valence-corrected chi connectivity index (χ3v) is 3.27. The number of rotatable bonds is 4. The molecule has 1 amide bonds. The van der Waals surface area contributed by atoms with Crippen LogP contribution in [0.4, 0.5) is 0 Å². The smallest absolute Gasteiger partial charge is 0.240 e. The first-order valence-corrected chi connectivity index (χ1v) is 6.62. The highest BCUT2D eigenvalue weighted by Crippen LogP contribution is 2.30. The van der Waals surface area contributed by atoms with Gasteiger partial charge in [0.05, 0.1) is 17.1 Å². The molecule has 0 saturated heterocycles. The standard InChI is InChI=1S/C13H17ClN4O/c1-7(2)11(12(15)19)18-10-4-5-16-6-9(10)17-13(18)8(3)14/h4-8,11H,1-3H3,(H2,15,19). The van der Waals surface area contributed by atoms with Crippen molar-refractivity contribution in [1.29, 1.82) is 0 Å². The number of alkyl halides is 1. The molecule has 0 fully saturated rings. The maximum Gasteiger partial charge on any atom is 0.240 e. The minimum atomic E-state index is -0.469. The van der Waals surface area contributed by atoms with Gasteiger partial charge in [0.25, 0.3) is 0 Å². The minimum absolute atomic E-state index is 0.0530. The molecule has 19 heavy (non-hydrogen) atoms. The molecule has 2 aromatic heterocycles. The molecular formula is C13H17ClN4O. The van der Waals surface area contributed by atoms with Gasteiger partial charge in [-0.1, -0.05) is 13.8 Å². The number of primary amides is 1. The Balaban J connectivity index is 2.74. The Morgan fingerprint density at radius 3 is 2.63 bits per heavy atom. The predicted octanol–water partition coefficient (Wildman–Crippen LogP) is 2.41. The number of carbonyl (C=O) groups is 1. The van der Waals surface area contributed by atoms with Crippen LogP contribution in [0.3, 0.4) is 0 Å². The first kappa shape index (κ1) is 13.8. The van der Waals surface area contributed by atoms with Crippen LogP contribution in [0.2, 0.25) is 0 Å². The van der Waals surface area contributed by atoms with Crippen molar-refractivity contribution >= 4 is 28.5 Å². The maximum atomic E-state index is 11.8. The van der Waals surface area contributed by atoms with Gasteiger partial charge in [0.1, 0.15) is 17.4 Å². The van der Waals surface area contributed by atoms with Crippen molar-refractivity contribution in [1.82, 2.24) is 14.5 Å². The summed E-state index contributed by atoms with van der Waals surface area (Å²) in [6.45, 7) is 5.72. The number of pyridine rings is 1. The second-order valence-electron chi connectivity index (χ2n) is 4.91. The molecule has 0 spiro atoms. The van der Waals surface area contributed by atoms with Gasteiger partial charge in [-0.05, 0) is 18.9 Å². The molecule has 2 aromatic rings. The van der Waals surface area contributed by atoms with Crippen molar-refractivity contribution in [3.05, 3.63) is 24.3 Å². The van der Waals surface area contributed by atoms with Crippen molar-refractivity contribution < 1.29 is 4.79 Å². The number of fused-ring (bicyclic) bond motifs is 1.